The number of rotatable bonds is 5. The summed E-state index contributed by atoms with van der Waals surface area (Å²) in [5.41, 5.74) is 0.956. The smallest absolute Gasteiger partial charge is 0.332 e. The lowest BCUT2D eigenvalue weighted by molar-refractivity contribution is -0.132. The number of carboxylic acids is 1. The van der Waals surface area contributed by atoms with Crippen LogP contribution >= 0.6 is 11.8 Å². The molecule has 0 aliphatic carbocycles. The number of aliphatic carboxylic acids is 1. The molecule has 0 atom stereocenters. The first-order valence-electron chi connectivity index (χ1n) is 5.24. The number of carboxylic acid groups (broad SMARTS) is 1. The van der Waals surface area contributed by atoms with Crippen LogP contribution in [-0.4, -0.2) is 29.1 Å². The number of carbonyl (C=O) groups excluding carboxylic acids is 1. The minimum atomic E-state index is -1.01. The SMILES string of the molecule is COc1ccc(/C=C(\CSC(C)=O)C(=O)O)cc1. The molecule has 0 fully saturated rings. The fourth-order valence-electron chi connectivity index (χ4n) is 1.25. The van der Waals surface area contributed by atoms with Crippen molar-refractivity contribution in [1.29, 1.82) is 0 Å². The van der Waals surface area contributed by atoms with Crippen molar-refractivity contribution in [2.45, 2.75) is 6.92 Å². The minimum absolute atomic E-state index is 0.100. The van der Waals surface area contributed by atoms with Crippen molar-refractivity contribution in [3.8, 4) is 5.75 Å². The second-order valence-corrected chi connectivity index (χ2v) is 4.68. The van der Waals surface area contributed by atoms with Crippen molar-refractivity contribution in [3.63, 3.8) is 0 Å². The lowest BCUT2D eigenvalue weighted by Gasteiger charge is -2.02. The van der Waals surface area contributed by atoms with Crippen LogP contribution in [0, 0.1) is 0 Å². The Labute approximate surface area is 110 Å². The van der Waals surface area contributed by atoms with Gasteiger partial charge in [0.2, 0.25) is 0 Å². The minimum Gasteiger partial charge on any atom is -0.497 e. The second kappa shape index (κ2) is 6.86. The fraction of sp³-hybridized carbons (Fsp3) is 0.231. The molecule has 0 aromatic heterocycles. The maximum Gasteiger partial charge on any atom is 0.332 e. The molecule has 1 aromatic carbocycles. The van der Waals surface area contributed by atoms with Crippen molar-refractivity contribution >= 4 is 28.9 Å². The highest BCUT2D eigenvalue weighted by Crippen LogP contribution is 2.16. The summed E-state index contributed by atoms with van der Waals surface area (Å²) in [7, 11) is 1.57. The van der Waals surface area contributed by atoms with E-state index >= 15 is 0 Å². The molecule has 96 valence electrons. The highest BCUT2D eigenvalue weighted by atomic mass is 32.2. The summed E-state index contributed by atoms with van der Waals surface area (Å²) in [4.78, 5) is 21.9. The molecule has 18 heavy (non-hydrogen) atoms. The van der Waals surface area contributed by atoms with Crippen LogP contribution in [0.5, 0.6) is 5.75 Å². The third-order valence-corrected chi connectivity index (χ3v) is 3.02. The number of thioether (sulfide) groups is 1. The summed E-state index contributed by atoms with van der Waals surface area (Å²) in [6.07, 6.45) is 1.55. The number of hydrogen-bond donors (Lipinski definition) is 1. The average Bonchev–Trinajstić information content (AvgIpc) is 2.34. The molecule has 0 aliphatic heterocycles. The van der Waals surface area contributed by atoms with Gasteiger partial charge in [-0.1, -0.05) is 23.9 Å². The molecule has 5 heteroatoms. The first-order valence-corrected chi connectivity index (χ1v) is 6.22. The van der Waals surface area contributed by atoms with Crippen LogP contribution < -0.4 is 4.74 Å². The van der Waals surface area contributed by atoms with Crippen LogP contribution in [0.3, 0.4) is 0 Å². The van der Waals surface area contributed by atoms with E-state index in [4.69, 9.17) is 9.84 Å². The molecule has 0 bridgehead atoms. The topological polar surface area (TPSA) is 63.6 Å². The molecule has 0 saturated carbocycles. The molecule has 0 spiro atoms. The van der Waals surface area contributed by atoms with Gasteiger partial charge < -0.3 is 9.84 Å². The van der Waals surface area contributed by atoms with Crippen molar-refractivity contribution < 1.29 is 19.4 Å². The van der Waals surface area contributed by atoms with Crippen LogP contribution in [0.25, 0.3) is 6.08 Å². The van der Waals surface area contributed by atoms with Crippen LogP contribution in [0.2, 0.25) is 0 Å². The summed E-state index contributed by atoms with van der Waals surface area (Å²) in [5.74, 6) is -0.141. The van der Waals surface area contributed by atoms with E-state index in [0.29, 0.717) is 5.75 Å². The summed E-state index contributed by atoms with van der Waals surface area (Å²) in [6, 6.07) is 7.03. The zero-order chi connectivity index (χ0) is 13.5. The molecule has 0 aliphatic rings. The lowest BCUT2D eigenvalue weighted by Crippen LogP contribution is -2.04. The van der Waals surface area contributed by atoms with Crippen LogP contribution in [0.15, 0.2) is 29.8 Å². The van der Waals surface area contributed by atoms with Gasteiger partial charge in [-0.2, -0.15) is 0 Å². The Hall–Kier alpha value is -1.75. The zero-order valence-electron chi connectivity index (χ0n) is 10.2. The largest absolute Gasteiger partial charge is 0.497 e. The molecule has 0 unspecified atom stereocenters. The van der Waals surface area contributed by atoms with Gasteiger partial charge in [-0.25, -0.2) is 4.79 Å². The summed E-state index contributed by atoms with van der Waals surface area (Å²) in [5, 5.41) is 8.93. The molecule has 0 saturated heterocycles. The molecular formula is C13H14O4S. The number of carbonyl (C=O) groups is 2. The third kappa shape index (κ3) is 4.63. The molecular weight excluding hydrogens is 252 g/mol. The van der Waals surface area contributed by atoms with Crippen molar-refractivity contribution in [2.24, 2.45) is 0 Å². The molecule has 1 N–H and O–H groups in total. The van der Waals surface area contributed by atoms with E-state index in [9.17, 15) is 9.59 Å². The number of hydrogen-bond acceptors (Lipinski definition) is 4. The van der Waals surface area contributed by atoms with Gasteiger partial charge >= 0.3 is 5.97 Å². The van der Waals surface area contributed by atoms with Crippen molar-refractivity contribution in [2.75, 3.05) is 12.9 Å². The Morgan fingerprint density at radius 2 is 1.94 bits per heavy atom. The van der Waals surface area contributed by atoms with Crippen molar-refractivity contribution in [3.05, 3.63) is 35.4 Å². The maximum atomic E-state index is 11.0. The highest BCUT2D eigenvalue weighted by Gasteiger charge is 2.09. The van der Waals surface area contributed by atoms with E-state index in [1.165, 1.54) is 6.92 Å². The predicted molar refractivity (Wildman–Crippen MR) is 71.7 cm³/mol. The molecule has 1 rings (SSSR count). The summed E-state index contributed by atoms with van der Waals surface area (Å²) < 4.78 is 5.01. The third-order valence-electron chi connectivity index (χ3n) is 2.16. The van der Waals surface area contributed by atoms with E-state index in [-0.39, 0.29) is 16.4 Å². The van der Waals surface area contributed by atoms with Gasteiger partial charge in [-0.05, 0) is 23.8 Å². The van der Waals surface area contributed by atoms with E-state index in [2.05, 4.69) is 0 Å². The first-order chi connectivity index (χ1) is 8.52. The van der Waals surface area contributed by atoms with Gasteiger partial charge in [0.05, 0.1) is 7.11 Å². The van der Waals surface area contributed by atoms with Gasteiger partial charge in [-0.3, -0.25) is 4.79 Å². The number of benzene rings is 1. The Morgan fingerprint density at radius 3 is 2.39 bits per heavy atom. The number of methoxy groups -OCH3 is 1. The van der Waals surface area contributed by atoms with Crippen molar-refractivity contribution in [1.82, 2.24) is 0 Å². The van der Waals surface area contributed by atoms with Gasteiger partial charge in [0, 0.05) is 18.2 Å². The second-order valence-electron chi connectivity index (χ2n) is 3.53. The quantitative estimate of drug-likeness (QED) is 0.829. The van der Waals surface area contributed by atoms with Crippen LogP contribution in [-0.2, 0) is 9.59 Å². The lowest BCUT2D eigenvalue weighted by atomic mass is 10.1. The van der Waals surface area contributed by atoms with Gasteiger partial charge in [-0.15, -0.1) is 0 Å². The van der Waals surface area contributed by atoms with E-state index in [1.54, 1.807) is 37.5 Å². The van der Waals surface area contributed by atoms with Gasteiger partial charge in [0.25, 0.3) is 0 Å². The Balaban J connectivity index is 2.86. The monoisotopic (exact) mass is 266 g/mol. The molecule has 4 nitrogen and oxygen atoms in total. The maximum absolute atomic E-state index is 11.0. The molecule has 0 radical (unpaired) electrons. The van der Waals surface area contributed by atoms with E-state index in [0.717, 1.165) is 17.3 Å². The Bertz CT molecular complexity index is 462. The van der Waals surface area contributed by atoms with Crippen LogP contribution in [0.4, 0.5) is 0 Å². The van der Waals surface area contributed by atoms with Gasteiger partial charge in [0.15, 0.2) is 5.12 Å². The summed E-state index contributed by atoms with van der Waals surface area (Å²) >= 11 is 0.982. The fourth-order valence-corrected chi connectivity index (χ4v) is 1.81. The molecule has 1 aromatic rings. The highest BCUT2D eigenvalue weighted by molar-refractivity contribution is 8.13. The zero-order valence-corrected chi connectivity index (χ0v) is 11.0. The Kier molecular flexibility index (Phi) is 5.45. The van der Waals surface area contributed by atoms with E-state index in [1.807, 2.05) is 0 Å². The van der Waals surface area contributed by atoms with E-state index < -0.39 is 5.97 Å². The molecule has 0 amide bonds. The summed E-state index contributed by atoms with van der Waals surface area (Å²) in [6.45, 7) is 1.41. The number of ether oxygens (including phenoxy) is 1. The standard InChI is InChI=1S/C13H14O4S/c1-9(14)18-8-11(13(15)16)7-10-3-5-12(17-2)6-4-10/h3-7H,8H2,1-2H3,(H,15,16)/b11-7+. The van der Waals surface area contributed by atoms with Gasteiger partial charge in [0.1, 0.15) is 5.75 Å². The first kappa shape index (κ1) is 14.3. The Morgan fingerprint density at radius 1 is 1.33 bits per heavy atom. The normalized spacial score (nSPS) is 11.1. The average molecular weight is 266 g/mol. The predicted octanol–water partition coefficient (Wildman–Crippen LogP) is 2.44. The molecule has 0 heterocycles. The van der Waals surface area contributed by atoms with Crippen LogP contribution in [0.1, 0.15) is 12.5 Å².